The van der Waals surface area contributed by atoms with E-state index in [1.807, 2.05) is 0 Å². The van der Waals surface area contributed by atoms with Crippen LogP contribution in [0.3, 0.4) is 0 Å². The molecule has 0 fully saturated rings. The summed E-state index contributed by atoms with van der Waals surface area (Å²) in [5, 5.41) is 2.97. The summed E-state index contributed by atoms with van der Waals surface area (Å²) in [4.78, 5) is 24.9. The Hall–Kier alpha value is -2.96. The van der Waals surface area contributed by atoms with Gasteiger partial charge in [-0.3, -0.25) is 9.78 Å². The quantitative estimate of drug-likeness (QED) is 0.585. The van der Waals surface area contributed by atoms with Crippen LogP contribution in [0.15, 0.2) is 35.5 Å². The van der Waals surface area contributed by atoms with Crippen molar-refractivity contribution in [3.05, 3.63) is 47.3 Å². The highest BCUT2D eigenvalue weighted by Crippen LogP contribution is 2.20. The van der Waals surface area contributed by atoms with Crippen LogP contribution in [0.5, 0.6) is 5.88 Å². The average molecular weight is 355 g/mol. The molecule has 3 N–H and O–H groups in total. The second kappa shape index (κ2) is 8.94. The van der Waals surface area contributed by atoms with Gasteiger partial charge in [-0.15, -0.1) is 0 Å². The summed E-state index contributed by atoms with van der Waals surface area (Å²) in [7, 11) is 1.73. The standard InChI is InChI=1S/C19H25N5O2/c1-5-13(6-2)26-16-10-9-15(18(21-4)23-16)17(20)24-19(25)14-8-7-11-22-12(14)3/h7-11,13H,5-6H2,1-4H3,(H,21,23)(H2,20,24,25). The van der Waals surface area contributed by atoms with Crippen molar-refractivity contribution < 1.29 is 9.53 Å². The minimum absolute atomic E-state index is 0.0872. The first-order valence-electron chi connectivity index (χ1n) is 8.66. The van der Waals surface area contributed by atoms with E-state index >= 15 is 0 Å². The number of nitrogens with zero attached hydrogens (tertiary/aromatic N) is 3. The number of ether oxygens (including phenoxy) is 1. The molecular weight excluding hydrogens is 330 g/mol. The maximum atomic E-state index is 12.4. The van der Waals surface area contributed by atoms with Crippen LogP contribution in [0.1, 0.15) is 48.3 Å². The zero-order chi connectivity index (χ0) is 19.1. The molecule has 1 amide bonds. The van der Waals surface area contributed by atoms with E-state index in [4.69, 9.17) is 10.5 Å². The molecule has 2 aromatic rings. The molecule has 0 saturated heterocycles. The van der Waals surface area contributed by atoms with E-state index in [1.54, 1.807) is 44.4 Å². The molecule has 0 radical (unpaired) electrons. The highest BCUT2D eigenvalue weighted by atomic mass is 16.5. The van der Waals surface area contributed by atoms with Crippen LogP contribution in [0.2, 0.25) is 0 Å². The monoisotopic (exact) mass is 355 g/mol. The van der Waals surface area contributed by atoms with Gasteiger partial charge in [-0.05, 0) is 38.0 Å². The maximum absolute atomic E-state index is 12.4. The van der Waals surface area contributed by atoms with Gasteiger partial charge in [0.2, 0.25) is 5.88 Å². The number of pyridine rings is 2. The van der Waals surface area contributed by atoms with E-state index in [-0.39, 0.29) is 11.9 Å². The number of nitrogens with two attached hydrogens (primary N) is 1. The van der Waals surface area contributed by atoms with E-state index in [2.05, 4.69) is 34.1 Å². The minimum atomic E-state index is -0.437. The normalized spacial score (nSPS) is 11.5. The summed E-state index contributed by atoms with van der Waals surface area (Å²) in [5.74, 6) is 0.663. The molecule has 0 unspecified atom stereocenters. The van der Waals surface area contributed by atoms with Crippen LogP contribution in [-0.4, -0.2) is 34.9 Å². The van der Waals surface area contributed by atoms with Crippen LogP contribution in [0, 0.1) is 6.92 Å². The number of aromatic nitrogens is 2. The van der Waals surface area contributed by atoms with Crippen molar-refractivity contribution in [1.82, 2.24) is 9.97 Å². The van der Waals surface area contributed by atoms with Crippen molar-refractivity contribution in [1.29, 1.82) is 0 Å². The lowest BCUT2D eigenvalue weighted by Gasteiger charge is -2.16. The van der Waals surface area contributed by atoms with E-state index in [0.717, 1.165) is 12.8 Å². The Balaban J connectivity index is 2.29. The summed E-state index contributed by atoms with van der Waals surface area (Å²) < 4.78 is 5.85. The first-order chi connectivity index (χ1) is 12.5. The molecule has 0 saturated carbocycles. The zero-order valence-electron chi connectivity index (χ0n) is 15.6. The van der Waals surface area contributed by atoms with Gasteiger partial charge in [-0.2, -0.15) is 9.98 Å². The number of carbonyl (C=O) groups is 1. The van der Waals surface area contributed by atoms with Crippen molar-refractivity contribution in [3.63, 3.8) is 0 Å². The van der Waals surface area contributed by atoms with Gasteiger partial charge < -0.3 is 15.8 Å². The van der Waals surface area contributed by atoms with Gasteiger partial charge in [0.15, 0.2) is 0 Å². The van der Waals surface area contributed by atoms with Crippen molar-refractivity contribution in [3.8, 4) is 5.88 Å². The van der Waals surface area contributed by atoms with E-state index in [0.29, 0.717) is 28.5 Å². The third-order valence-corrected chi connectivity index (χ3v) is 4.04. The van der Waals surface area contributed by atoms with Gasteiger partial charge in [0.1, 0.15) is 11.7 Å². The molecule has 0 aliphatic heterocycles. The minimum Gasteiger partial charge on any atom is -0.474 e. The molecule has 0 aliphatic rings. The van der Waals surface area contributed by atoms with Gasteiger partial charge >= 0.3 is 0 Å². The number of amidine groups is 1. The average Bonchev–Trinajstić information content (AvgIpc) is 2.65. The van der Waals surface area contributed by atoms with Gasteiger partial charge in [0.25, 0.3) is 5.91 Å². The summed E-state index contributed by atoms with van der Waals surface area (Å²) >= 11 is 0. The molecule has 0 aliphatic carbocycles. The Morgan fingerprint density at radius 3 is 2.62 bits per heavy atom. The molecule has 2 aromatic heterocycles. The third kappa shape index (κ3) is 4.56. The predicted molar refractivity (Wildman–Crippen MR) is 103 cm³/mol. The van der Waals surface area contributed by atoms with Gasteiger partial charge in [-0.1, -0.05) is 13.8 Å². The van der Waals surface area contributed by atoms with Crippen LogP contribution in [0.25, 0.3) is 0 Å². The first-order valence-corrected chi connectivity index (χ1v) is 8.66. The predicted octanol–water partition coefficient (Wildman–Crippen LogP) is 2.94. The Kier molecular flexibility index (Phi) is 6.66. The highest BCUT2D eigenvalue weighted by Gasteiger charge is 2.14. The number of amides is 1. The van der Waals surface area contributed by atoms with Crippen molar-refractivity contribution >= 4 is 17.6 Å². The van der Waals surface area contributed by atoms with Crippen molar-refractivity contribution in [2.45, 2.75) is 39.7 Å². The number of aryl methyl sites for hydroxylation is 1. The van der Waals surface area contributed by atoms with E-state index < -0.39 is 5.91 Å². The zero-order valence-corrected chi connectivity index (χ0v) is 15.6. The number of nitrogens with one attached hydrogen (secondary N) is 1. The summed E-state index contributed by atoms with van der Waals surface area (Å²) in [6.45, 7) is 5.89. The molecule has 0 spiro atoms. The maximum Gasteiger partial charge on any atom is 0.280 e. The Bertz CT molecular complexity index is 800. The molecule has 0 bridgehead atoms. The fraction of sp³-hybridized carbons (Fsp3) is 0.368. The van der Waals surface area contributed by atoms with Crippen molar-refractivity contribution in [2.75, 3.05) is 12.4 Å². The van der Waals surface area contributed by atoms with Crippen LogP contribution in [0.4, 0.5) is 5.82 Å². The summed E-state index contributed by atoms with van der Waals surface area (Å²) in [5.41, 5.74) is 7.62. The second-order valence-corrected chi connectivity index (χ2v) is 5.79. The largest absolute Gasteiger partial charge is 0.474 e. The van der Waals surface area contributed by atoms with E-state index in [9.17, 15) is 4.79 Å². The van der Waals surface area contributed by atoms with Crippen LogP contribution < -0.4 is 15.8 Å². The molecule has 138 valence electrons. The fourth-order valence-corrected chi connectivity index (χ4v) is 2.47. The lowest BCUT2D eigenvalue weighted by atomic mass is 10.2. The number of rotatable bonds is 7. The first kappa shape index (κ1) is 19.4. The molecule has 0 aromatic carbocycles. The van der Waals surface area contributed by atoms with E-state index in [1.165, 1.54) is 0 Å². The topological polar surface area (TPSA) is 102 Å². The third-order valence-electron chi connectivity index (χ3n) is 4.04. The molecule has 26 heavy (non-hydrogen) atoms. The molecule has 2 rings (SSSR count). The lowest BCUT2D eigenvalue weighted by molar-refractivity contribution is 0.100. The Morgan fingerprint density at radius 2 is 2.00 bits per heavy atom. The smallest absolute Gasteiger partial charge is 0.280 e. The number of carbonyl (C=O) groups excluding carboxylic acids is 1. The molecule has 2 heterocycles. The SMILES string of the molecule is CCC(CC)Oc1ccc(C(N)=NC(=O)c2cccnc2C)c(NC)n1. The molecule has 7 heteroatoms. The molecular formula is C19H25N5O2. The summed E-state index contributed by atoms with van der Waals surface area (Å²) in [6, 6.07) is 6.84. The van der Waals surface area contributed by atoms with Crippen molar-refractivity contribution in [2.24, 2.45) is 10.7 Å². The summed E-state index contributed by atoms with van der Waals surface area (Å²) in [6.07, 6.45) is 3.54. The van der Waals surface area contributed by atoms with Gasteiger partial charge in [-0.25, -0.2) is 0 Å². The Morgan fingerprint density at radius 1 is 1.27 bits per heavy atom. The number of anilines is 1. The number of aliphatic imine (C=N–C) groups is 1. The Labute approximate surface area is 153 Å². The molecule has 0 atom stereocenters. The number of hydrogen-bond donors (Lipinski definition) is 2. The highest BCUT2D eigenvalue weighted by molar-refractivity contribution is 6.11. The van der Waals surface area contributed by atoms with Gasteiger partial charge in [0.05, 0.1) is 22.9 Å². The van der Waals surface area contributed by atoms with Crippen LogP contribution in [-0.2, 0) is 0 Å². The molecule has 7 nitrogen and oxygen atoms in total. The second-order valence-electron chi connectivity index (χ2n) is 5.79. The van der Waals surface area contributed by atoms with Gasteiger partial charge in [0, 0.05) is 19.3 Å². The van der Waals surface area contributed by atoms with Crippen LogP contribution >= 0.6 is 0 Å². The fourth-order valence-electron chi connectivity index (χ4n) is 2.47. The number of hydrogen-bond acceptors (Lipinski definition) is 5. The lowest BCUT2D eigenvalue weighted by Crippen LogP contribution is -2.20.